The van der Waals surface area contributed by atoms with Crippen LogP contribution in [0.4, 0.5) is 5.82 Å². The predicted molar refractivity (Wildman–Crippen MR) is 87.7 cm³/mol. The average Bonchev–Trinajstić information content (AvgIpc) is 3.04. The lowest BCUT2D eigenvalue weighted by Crippen LogP contribution is -2.31. The number of anilines is 1. The maximum Gasteiger partial charge on any atom is 0.343 e. The summed E-state index contributed by atoms with van der Waals surface area (Å²) >= 11 is 0. The van der Waals surface area contributed by atoms with Gasteiger partial charge in [0.05, 0.1) is 13.3 Å². The largest absolute Gasteiger partial charge is 0.465 e. The highest BCUT2D eigenvalue weighted by Crippen LogP contribution is 2.41. The first kappa shape index (κ1) is 14.7. The first-order valence-corrected chi connectivity index (χ1v) is 7.94. The molecule has 0 bridgehead atoms. The standard InChI is InChI=1S/C18H17N3O3/c1-24-18(23)12-10-19-21-16(11-6-3-2-4-7-11)15-13(20-17(12)21)8-5-9-14(15)22/h2-4,6-7,10,16,20H,5,8-9H2,1H3/t16-/m1/s1. The van der Waals surface area contributed by atoms with Crippen LogP contribution in [-0.2, 0) is 9.53 Å². The Morgan fingerprint density at radius 2 is 2.08 bits per heavy atom. The van der Waals surface area contributed by atoms with Crippen LogP contribution in [0.15, 0.2) is 47.8 Å². The minimum atomic E-state index is -0.443. The molecule has 0 spiro atoms. The lowest BCUT2D eigenvalue weighted by atomic mass is 9.85. The molecule has 1 aliphatic heterocycles. The third-order valence-corrected chi connectivity index (χ3v) is 4.56. The number of ketones is 1. The number of allylic oxidation sites excluding steroid dienone is 2. The number of carbonyl (C=O) groups excluding carboxylic acids is 2. The molecule has 0 unspecified atom stereocenters. The van der Waals surface area contributed by atoms with Crippen molar-refractivity contribution in [3.8, 4) is 0 Å². The van der Waals surface area contributed by atoms with Gasteiger partial charge in [-0.25, -0.2) is 9.48 Å². The van der Waals surface area contributed by atoms with Crippen molar-refractivity contribution in [2.24, 2.45) is 0 Å². The van der Waals surface area contributed by atoms with Crippen molar-refractivity contribution < 1.29 is 14.3 Å². The van der Waals surface area contributed by atoms with Crippen molar-refractivity contribution in [1.82, 2.24) is 9.78 Å². The van der Waals surface area contributed by atoms with Crippen molar-refractivity contribution in [3.05, 3.63) is 58.9 Å². The van der Waals surface area contributed by atoms with Gasteiger partial charge < -0.3 is 10.1 Å². The van der Waals surface area contributed by atoms with E-state index >= 15 is 0 Å². The quantitative estimate of drug-likeness (QED) is 0.860. The summed E-state index contributed by atoms with van der Waals surface area (Å²) in [5.74, 6) is 0.282. The zero-order valence-electron chi connectivity index (χ0n) is 13.3. The van der Waals surface area contributed by atoms with Gasteiger partial charge in [0.15, 0.2) is 5.78 Å². The number of nitrogens with zero attached hydrogens (tertiary/aromatic N) is 2. The molecule has 4 rings (SSSR count). The van der Waals surface area contributed by atoms with Crippen LogP contribution >= 0.6 is 0 Å². The van der Waals surface area contributed by atoms with Crippen LogP contribution in [-0.4, -0.2) is 28.6 Å². The number of carbonyl (C=O) groups is 2. The second-order valence-electron chi connectivity index (χ2n) is 5.95. The van der Waals surface area contributed by atoms with E-state index < -0.39 is 5.97 Å². The zero-order chi connectivity index (χ0) is 16.7. The number of aromatic nitrogens is 2. The summed E-state index contributed by atoms with van der Waals surface area (Å²) in [5, 5.41) is 7.63. The van der Waals surface area contributed by atoms with Gasteiger partial charge in [-0.15, -0.1) is 0 Å². The highest BCUT2D eigenvalue weighted by Gasteiger charge is 2.37. The summed E-state index contributed by atoms with van der Waals surface area (Å²) in [4.78, 5) is 24.6. The van der Waals surface area contributed by atoms with Gasteiger partial charge in [0.1, 0.15) is 17.4 Å². The number of ether oxygens (including phenoxy) is 1. The van der Waals surface area contributed by atoms with Crippen molar-refractivity contribution in [2.45, 2.75) is 25.3 Å². The van der Waals surface area contributed by atoms with Gasteiger partial charge in [0, 0.05) is 17.7 Å². The van der Waals surface area contributed by atoms with Gasteiger partial charge in [0.2, 0.25) is 0 Å². The Labute approximate surface area is 139 Å². The minimum absolute atomic E-state index is 0.137. The van der Waals surface area contributed by atoms with Gasteiger partial charge in [-0.2, -0.15) is 5.10 Å². The fraction of sp³-hybridized carbons (Fsp3) is 0.278. The Bertz CT molecular complexity index is 852. The summed E-state index contributed by atoms with van der Waals surface area (Å²) in [7, 11) is 1.35. The number of fused-ring (bicyclic) bond motifs is 1. The molecular weight excluding hydrogens is 306 g/mol. The van der Waals surface area contributed by atoms with Gasteiger partial charge in [-0.3, -0.25) is 4.79 Å². The molecule has 0 amide bonds. The molecule has 0 fully saturated rings. The highest BCUT2D eigenvalue weighted by molar-refractivity contribution is 6.01. The minimum Gasteiger partial charge on any atom is -0.465 e. The number of hydrogen-bond donors (Lipinski definition) is 1. The Hall–Kier alpha value is -2.89. The number of benzene rings is 1. The monoisotopic (exact) mass is 323 g/mol. The van der Waals surface area contributed by atoms with Gasteiger partial charge in [0.25, 0.3) is 0 Å². The van der Waals surface area contributed by atoms with Gasteiger partial charge in [-0.1, -0.05) is 30.3 Å². The fourth-order valence-electron chi connectivity index (χ4n) is 3.46. The topological polar surface area (TPSA) is 73.2 Å². The van der Waals surface area contributed by atoms with E-state index in [-0.39, 0.29) is 11.8 Å². The van der Waals surface area contributed by atoms with Crippen molar-refractivity contribution >= 4 is 17.6 Å². The molecule has 2 aromatic rings. The molecular formula is C18H17N3O3. The molecule has 1 aliphatic carbocycles. The van der Waals surface area contributed by atoms with E-state index in [9.17, 15) is 9.59 Å². The normalized spacial score (nSPS) is 19.4. The number of Topliss-reactive ketones (excluding diaryl/α,β-unsaturated/α-hetero) is 1. The van der Waals surface area contributed by atoms with Crippen LogP contribution in [0.5, 0.6) is 0 Å². The summed E-state index contributed by atoms with van der Waals surface area (Å²) in [6.45, 7) is 0. The van der Waals surface area contributed by atoms with E-state index in [1.165, 1.54) is 13.3 Å². The lowest BCUT2D eigenvalue weighted by molar-refractivity contribution is -0.116. The van der Waals surface area contributed by atoms with Gasteiger partial charge in [-0.05, 0) is 18.4 Å². The molecule has 1 atom stereocenters. The maximum atomic E-state index is 12.6. The second-order valence-corrected chi connectivity index (χ2v) is 5.95. The van der Waals surface area contributed by atoms with Crippen molar-refractivity contribution in [2.75, 3.05) is 12.4 Å². The molecule has 6 nitrogen and oxygen atoms in total. The van der Waals surface area contributed by atoms with Crippen molar-refractivity contribution in [3.63, 3.8) is 0 Å². The molecule has 6 heteroatoms. The van der Waals surface area contributed by atoms with E-state index in [0.29, 0.717) is 17.8 Å². The van der Waals surface area contributed by atoms with Crippen LogP contribution < -0.4 is 5.32 Å². The number of rotatable bonds is 2. The first-order valence-electron chi connectivity index (χ1n) is 7.94. The van der Waals surface area contributed by atoms with Crippen LogP contribution in [0, 0.1) is 0 Å². The SMILES string of the molecule is COC(=O)c1cnn2c1NC1=C(C(=O)CCC1)[C@H]2c1ccccc1. The van der Waals surface area contributed by atoms with Crippen LogP contribution in [0.2, 0.25) is 0 Å². The predicted octanol–water partition coefficient (Wildman–Crippen LogP) is 2.69. The fourth-order valence-corrected chi connectivity index (χ4v) is 3.46. The Morgan fingerprint density at radius 3 is 2.83 bits per heavy atom. The molecule has 0 saturated heterocycles. The lowest BCUT2D eigenvalue weighted by Gasteiger charge is -2.33. The maximum absolute atomic E-state index is 12.6. The zero-order valence-corrected chi connectivity index (χ0v) is 13.3. The summed E-state index contributed by atoms with van der Waals surface area (Å²) < 4.78 is 6.56. The van der Waals surface area contributed by atoms with Gasteiger partial charge >= 0.3 is 5.97 Å². The average molecular weight is 323 g/mol. The van der Waals surface area contributed by atoms with E-state index in [4.69, 9.17) is 4.74 Å². The second kappa shape index (κ2) is 5.63. The summed E-state index contributed by atoms with van der Waals surface area (Å²) in [6, 6.07) is 9.46. The molecule has 2 aliphatic rings. The van der Waals surface area contributed by atoms with Crippen LogP contribution in [0.25, 0.3) is 0 Å². The number of hydrogen-bond acceptors (Lipinski definition) is 5. The molecule has 0 radical (unpaired) electrons. The molecule has 1 aromatic heterocycles. The van der Waals surface area contributed by atoms with Crippen LogP contribution in [0.3, 0.4) is 0 Å². The van der Waals surface area contributed by atoms with E-state index in [1.54, 1.807) is 4.68 Å². The first-order chi connectivity index (χ1) is 11.7. The van der Waals surface area contributed by atoms with Crippen LogP contribution in [0.1, 0.15) is 41.2 Å². The molecule has 24 heavy (non-hydrogen) atoms. The smallest absolute Gasteiger partial charge is 0.343 e. The number of esters is 1. The molecule has 2 heterocycles. The van der Waals surface area contributed by atoms with Crippen molar-refractivity contribution in [1.29, 1.82) is 0 Å². The van der Waals surface area contributed by atoms with E-state index in [1.807, 2.05) is 30.3 Å². The third kappa shape index (κ3) is 2.14. The number of methoxy groups -OCH3 is 1. The molecule has 1 aromatic carbocycles. The Morgan fingerprint density at radius 1 is 1.29 bits per heavy atom. The summed E-state index contributed by atoms with van der Waals surface area (Å²) in [6.07, 6.45) is 3.64. The Balaban J connectivity index is 1.92. The molecule has 1 N–H and O–H groups in total. The Kier molecular flexibility index (Phi) is 3.45. The highest BCUT2D eigenvalue weighted by atomic mass is 16.5. The van der Waals surface area contributed by atoms with E-state index in [2.05, 4.69) is 10.4 Å². The third-order valence-electron chi connectivity index (χ3n) is 4.56. The number of nitrogens with one attached hydrogen (secondary N) is 1. The molecule has 122 valence electrons. The van der Waals surface area contributed by atoms with E-state index in [0.717, 1.165) is 29.7 Å². The molecule has 0 saturated carbocycles. The summed E-state index contributed by atoms with van der Waals surface area (Å²) in [5.41, 5.74) is 2.99.